The molecular weight excluding hydrogens is 280 g/mol. The quantitative estimate of drug-likeness (QED) is 0.834. The first-order chi connectivity index (χ1) is 8.95. The third kappa shape index (κ3) is 3.22. The monoisotopic (exact) mass is 287 g/mol. The van der Waals surface area contributed by atoms with Gasteiger partial charge in [-0.15, -0.1) is 0 Å². The number of benzene rings is 1. The molecule has 2 amide bonds. The molecule has 0 radical (unpaired) electrons. The lowest BCUT2D eigenvalue weighted by molar-refractivity contribution is -0.115. The fraction of sp³-hybridized carbons (Fsp3) is 0.0909. The minimum absolute atomic E-state index is 0.138. The largest absolute Gasteiger partial charge is 0.504 e. The maximum Gasteiger partial charge on any atom is 0.387 e. The number of carbonyl (C=O) groups is 2. The molecule has 1 aliphatic heterocycles. The summed E-state index contributed by atoms with van der Waals surface area (Å²) in [5.74, 6) is -1.40. The summed E-state index contributed by atoms with van der Waals surface area (Å²) < 4.78 is 28.3. The Morgan fingerprint density at radius 3 is 2.68 bits per heavy atom. The SMILES string of the molecule is O=C1NC(=O)C(=Cc2ccc(O)c(OC(F)F)c2)S1. The van der Waals surface area contributed by atoms with Crippen molar-refractivity contribution in [3.63, 3.8) is 0 Å². The van der Waals surface area contributed by atoms with Crippen LogP contribution >= 0.6 is 11.8 Å². The highest BCUT2D eigenvalue weighted by Crippen LogP contribution is 2.31. The Labute approximate surface area is 110 Å². The zero-order valence-electron chi connectivity index (χ0n) is 9.22. The second-order valence-electron chi connectivity index (χ2n) is 3.46. The smallest absolute Gasteiger partial charge is 0.387 e. The van der Waals surface area contributed by atoms with E-state index in [1.54, 1.807) is 0 Å². The van der Waals surface area contributed by atoms with Crippen LogP contribution in [-0.2, 0) is 4.79 Å². The van der Waals surface area contributed by atoms with Gasteiger partial charge in [0.1, 0.15) is 0 Å². The van der Waals surface area contributed by atoms with Crippen LogP contribution in [0.3, 0.4) is 0 Å². The summed E-state index contributed by atoms with van der Waals surface area (Å²) in [5.41, 5.74) is 0.348. The van der Waals surface area contributed by atoms with Gasteiger partial charge < -0.3 is 9.84 Å². The number of rotatable bonds is 3. The number of halogens is 2. The molecule has 0 aliphatic carbocycles. The first kappa shape index (κ1) is 13.3. The van der Waals surface area contributed by atoms with E-state index >= 15 is 0 Å². The number of phenols is 1. The van der Waals surface area contributed by atoms with E-state index in [1.807, 2.05) is 0 Å². The number of hydrogen-bond acceptors (Lipinski definition) is 5. The zero-order valence-corrected chi connectivity index (χ0v) is 10.0. The molecule has 0 unspecified atom stereocenters. The van der Waals surface area contributed by atoms with Crippen LogP contribution in [0.25, 0.3) is 6.08 Å². The molecule has 5 nitrogen and oxygen atoms in total. The molecule has 1 aliphatic rings. The van der Waals surface area contributed by atoms with Crippen molar-refractivity contribution in [1.29, 1.82) is 0 Å². The summed E-state index contributed by atoms with van der Waals surface area (Å²) in [6.07, 6.45) is 1.34. The number of carbonyl (C=O) groups excluding carboxylic acids is 2. The summed E-state index contributed by atoms with van der Waals surface area (Å²) >= 11 is 0.703. The molecule has 1 heterocycles. The molecule has 1 fully saturated rings. The van der Waals surface area contributed by atoms with Gasteiger partial charge in [0, 0.05) is 0 Å². The second kappa shape index (κ2) is 5.27. The topological polar surface area (TPSA) is 75.6 Å². The standard InChI is InChI=1S/C11H7F2NO4S/c12-10(13)18-7-3-5(1-2-6(7)15)4-8-9(16)14-11(17)19-8/h1-4,10,15H,(H,14,16,17). The summed E-state index contributed by atoms with van der Waals surface area (Å²) in [4.78, 5) is 22.4. The zero-order chi connectivity index (χ0) is 14.0. The summed E-state index contributed by atoms with van der Waals surface area (Å²) in [6, 6.07) is 3.70. The number of alkyl halides is 2. The molecule has 0 spiro atoms. The minimum atomic E-state index is -3.07. The Morgan fingerprint density at radius 1 is 1.37 bits per heavy atom. The molecule has 100 valence electrons. The van der Waals surface area contributed by atoms with Crippen molar-refractivity contribution in [2.75, 3.05) is 0 Å². The van der Waals surface area contributed by atoms with E-state index in [-0.39, 0.29) is 4.91 Å². The van der Waals surface area contributed by atoms with Crippen LogP contribution in [0.2, 0.25) is 0 Å². The fourth-order valence-corrected chi connectivity index (χ4v) is 2.07. The Bertz CT molecular complexity index is 574. The first-order valence-electron chi connectivity index (χ1n) is 4.98. The van der Waals surface area contributed by atoms with Gasteiger partial charge in [0.25, 0.3) is 11.1 Å². The van der Waals surface area contributed by atoms with E-state index < -0.39 is 29.3 Å². The highest BCUT2D eigenvalue weighted by molar-refractivity contribution is 8.18. The molecule has 1 aromatic carbocycles. The Hall–Kier alpha value is -2.09. The van der Waals surface area contributed by atoms with Gasteiger partial charge >= 0.3 is 6.61 Å². The number of aromatic hydroxyl groups is 1. The van der Waals surface area contributed by atoms with E-state index in [2.05, 4.69) is 10.1 Å². The van der Waals surface area contributed by atoms with Gasteiger partial charge in [0.05, 0.1) is 4.91 Å². The number of thioether (sulfide) groups is 1. The lowest BCUT2D eigenvalue weighted by Gasteiger charge is -2.07. The molecule has 2 N–H and O–H groups in total. The van der Waals surface area contributed by atoms with Crippen LogP contribution < -0.4 is 10.1 Å². The molecule has 8 heteroatoms. The third-order valence-electron chi connectivity index (χ3n) is 2.14. The van der Waals surface area contributed by atoms with Crippen molar-refractivity contribution in [2.45, 2.75) is 6.61 Å². The second-order valence-corrected chi connectivity index (χ2v) is 4.47. The lowest BCUT2D eigenvalue weighted by atomic mass is 10.2. The maximum atomic E-state index is 12.1. The Kier molecular flexibility index (Phi) is 3.70. The van der Waals surface area contributed by atoms with Crippen molar-refractivity contribution in [3.05, 3.63) is 28.7 Å². The van der Waals surface area contributed by atoms with Gasteiger partial charge in [-0.25, -0.2) is 0 Å². The first-order valence-corrected chi connectivity index (χ1v) is 5.80. The van der Waals surface area contributed by atoms with Gasteiger partial charge in [-0.2, -0.15) is 8.78 Å². The molecule has 0 saturated carbocycles. The third-order valence-corrected chi connectivity index (χ3v) is 2.95. The van der Waals surface area contributed by atoms with Gasteiger partial charge in [-0.3, -0.25) is 14.9 Å². The van der Waals surface area contributed by atoms with Crippen LogP contribution in [0.5, 0.6) is 11.5 Å². The van der Waals surface area contributed by atoms with E-state index in [0.717, 1.165) is 12.1 Å². The van der Waals surface area contributed by atoms with E-state index in [4.69, 9.17) is 0 Å². The van der Waals surface area contributed by atoms with Crippen molar-refractivity contribution >= 4 is 29.0 Å². The molecule has 2 rings (SSSR count). The van der Waals surface area contributed by atoms with Crippen molar-refractivity contribution in [1.82, 2.24) is 5.32 Å². The fourth-order valence-electron chi connectivity index (χ4n) is 1.38. The van der Waals surface area contributed by atoms with Gasteiger partial charge in [-0.05, 0) is 35.5 Å². The summed E-state index contributed by atoms with van der Waals surface area (Å²) in [6.45, 7) is -3.07. The Morgan fingerprint density at radius 2 is 2.11 bits per heavy atom. The number of nitrogens with one attached hydrogen (secondary N) is 1. The van der Waals surface area contributed by atoms with Crippen LogP contribution in [0.15, 0.2) is 23.1 Å². The number of hydrogen-bond donors (Lipinski definition) is 2. The average molecular weight is 287 g/mol. The minimum Gasteiger partial charge on any atom is -0.504 e. The van der Waals surface area contributed by atoms with Crippen molar-refractivity contribution < 1.29 is 28.2 Å². The van der Waals surface area contributed by atoms with Gasteiger partial charge in [-0.1, -0.05) is 6.07 Å². The number of ether oxygens (including phenoxy) is 1. The summed E-state index contributed by atoms with van der Waals surface area (Å²) in [5, 5.41) is 10.9. The normalized spacial score (nSPS) is 17.1. The van der Waals surface area contributed by atoms with Crippen LogP contribution in [-0.4, -0.2) is 22.9 Å². The van der Waals surface area contributed by atoms with Crippen molar-refractivity contribution in [2.24, 2.45) is 0 Å². The van der Waals surface area contributed by atoms with Gasteiger partial charge in [0.15, 0.2) is 11.5 Å². The molecule has 0 atom stereocenters. The number of imide groups is 1. The molecule has 0 aromatic heterocycles. The van der Waals surface area contributed by atoms with E-state index in [0.29, 0.717) is 17.3 Å². The molecule has 1 aromatic rings. The average Bonchev–Trinajstić information content (AvgIpc) is 2.61. The van der Waals surface area contributed by atoms with E-state index in [1.165, 1.54) is 12.1 Å². The Balaban J connectivity index is 2.29. The maximum absolute atomic E-state index is 12.1. The molecule has 1 saturated heterocycles. The number of amides is 2. The van der Waals surface area contributed by atoms with E-state index in [9.17, 15) is 23.5 Å². The molecular formula is C11H7F2NO4S. The molecule has 0 bridgehead atoms. The molecule has 19 heavy (non-hydrogen) atoms. The highest BCUT2D eigenvalue weighted by atomic mass is 32.2. The summed E-state index contributed by atoms with van der Waals surface area (Å²) in [7, 11) is 0. The predicted octanol–water partition coefficient (Wildman–Crippen LogP) is 2.32. The van der Waals surface area contributed by atoms with Crippen LogP contribution in [0.4, 0.5) is 13.6 Å². The van der Waals surface area contributed by atoms with Crippen LogP contribution in [0.1, 0.15) is 5.56 Å². The highest BCUT2D eigenvalue weighted by Gasteiger charge is 2.25. The lowest BCUT2D eigenvalue weighted by Crippen LogP contribution is -2.17. The van der Waals surface area contributed by atoms with Gasteiger partial charge in [0.2, 0.25) is 0 Å². The van der Waals surface area contributed by atoms with Crippen molar-refractivity contribution in [3.8, 4) is 11.5 Å². The number of phenolic OH excluding ortho intramolecular Hbond substituents is 1. The van der Waals surface area contributed by atoms with Crippen LogP contribution in [0, 0.1) is 0 Å². The predicted molar refractivity (Wildman–Crippen MR) is 63.8 cm³/mol.